The molecule has 2 aliphatic rings. The molecule has 1 aliphatic carbocycles. The average molecular weight is 375 g/mol. The van der Waals surface area contributed by atoms with Gasteiger partial charge >= 0.3 is 12.0 Å². The Bertz CT molecular complexity index is 751. The van der Waals surface area contributed by atoms with Gasteiger partial charge in [-0.15, -0.1) is 0 Å². The molecule has 2 fully saturated rings. The number of likely N-dealkylation sites (tertiary alicyclic amines) is 1. The van der Waals surface area contributed by atoms with Gasteiger partial charge in [-0.3, -0.25) is 9.59 Å². The Morgan fingerprint density at radius 2 is 2.15 bits per heavy atom. The van der Waals surface area contributed by atoms with Crippen LogP contribution >= 0.6 is 0 Å². The number of carbonyl (C=O) groups excluding carboxylic acids is 2. The van der Waals surface area contributed by atoms with E-state index in [0.29, 0.717) is 24.4 Å². The number of aliphatic carboxylic acids is 1. The van der Waals surface area contributed by atoms with Crippen molar-refractivity contribution in [2.24, 2.45) is 11.3 Å². The van der Waals surface area contributed by atoms with Crippen LogP contribution in [0.4, 0.5) is 10.5 Å². The second kappa shape index (κ2) is 7.46. The average Bonchev–Trinajstić information content (AvgIpc) is 3.18. The Balaban J connectivity index is 1.61. The van der Waals surface area contributed by atoms with Gasteiger partial charge in [-0.05, 0) is 30.9 Å². The number of urea groups is 1. The number of likely N-dealkylation sites (N-methyl/N-ethyl adjacent to an activating group) is 1. The second-order valence-electron chi connectivity index (χ2n) is 7.47. The van der Waals surface area contributed by atoms with E-state index in [-0.39, 0.29) is 31.0 Å². The lowest BCUT2D eigenvalue weighted by molar-refractivity contribution is -0.149. The first kappa shape index (κ1) is 19.0. The molecule has 2 N–H and O–H groups in total. The number of carboxylic acid groups (broad SMARTS) is 1. The number of rotatable bonds is 5. The maximum absolute atomic E-state index is 12.6. The van der Waals surface area contributed by atoms with Crippen molar-refractivity contribution in [2.45, 2.75) is 19.3 Å². The van der Waals surface area contributed by atoms with Gasteiger partial charge < -0.3 is 25.0 Å². The molecule has 0 spiro atoms. The standard InChI is InChI=1S/C19H25N3O5/c1-21(2)16(23)11-27-15-7-3-6-14(9-15)20-18(26)22-10-13-5-4-8-19(13,12-22)17(24)25/h3,6-7,9,13H,4-5,8,10-12H2,1-2H3,(H,20,26)(H,24,25)/t13-,19+/m0/s1. The predicted molar refractivity (Wildman–Crippen MR) is 98.6 cm³/mol. The van der Waals surface area contributed by atoms with Crippen molar-refractivity contribution in [3.8, 4) is 5.75 Å². The summed E-state index contributed by atoms with van der Waals surface area (Å²) in [6.45, 7) is 0.622. The first-order valence-electron chi connectivity index (χ1n) is 9.04. The fourth-order valence-electron chi connectivity index (χ4n) is 3.93. The minimum absolute atomic E-state index is 0.0208. The molecular weight excluding hydrogens is 350 g/mol. The van der Waals surface area contributed by atoms with E-state index in [2.05, 4.69) is 5.32 Å². The summed E-state index contributed by atoms with van der Waals surface area (Å²) in [6.07, 6.45) is 2.37. The summed E-state index contributed by atoms with van der Waals surface area (Å²) in [7, 11) is 3.30. The van der Waals surface area contributed by atoms with Crippen LogP contribution in [0.25, 0.3) is 0 Å². The molecule has 146 valence electrons. The number of fused-ring (bicyclic) bond motifs is 1. The van der Waals surface area contributed by atoms with Crippen molar-refractivity contribution < 1.29 is 24.2 Å². The Labute approximate surface area is 158 Å². The molecule has 0 bridgehead atoms. The number of nitrogens with zero attached hydrogens (tertiary/aromatic N) is 2. The van der Waals surface area contributed by atoms with Crippen LogP contribution < -0.4 is 10.1 Å². The topological polar surface area (TPSA) is 99.2 Å². The summed E-state index contributed by atoms with van der Waals surface area (Å²) in [5.41, 5.74) is -0.259. The molecule has 2 atom stereocenters. The van der Waals surface area contributed by atoms with Gasteiger partial charge in [0, 0.05) is 38.9 Å². The number of amides is 3. The van der Waals surface area contributed by atoms with Crippen LogP contribution in [0.1, 0.15) is 19.3 Å². The zero-order valence-electron chi connectivity index (χ0n) is 15.6. The number of hydrogen-bond donors (Lipinski definition) is 2. The van der Waals surface area contributed by atoms with Gasteiger partial charge in [0.25, 0.3) is 5.91 Å². The van der Waals surface area contributed by atoms with Gasteiger partial charge in [0.1, 0.15) is 5.75 Å². The van der Waals surface area contributed by atoms with Crippen molar-refractivity contribution in [1.29, 1.82) is 0 Å². The molecule has 3 rings (SSSR count). The van der Waals surface area contributed by atoms with Crippen LogP contribution in [0.3, 0.4) is 0 Å². The van der Waals surface area contributed by atoms with E-state index in [4.69, 9.17) is 4.74 Å². The van der Waals surface area contributed by atoms with Crippen LogP contribution in [-0.4, -0.2) is 66.6 Å². The second-order valence-corrected chi connectivity index (χ2v) is 7.47. The van der Waals surface area contributed by atoms with Gasteiger partial charge in [0.05, 0.1) is 5.41 Å². The van der Waals surface area contributed by atoms with E-state index in [1.807, 2.05) is 0 Å². The van der Waals surface area contributed by atoms with Crippen LogP contribution in [-0.2, 0) is 9.59 Å². The van der Waals surface area contributed by atoms with Crippen molar-refractivity contribution in [1.82, 2.24) is 9.80 Å². The van der Waals surface area contributed by atoms with E-state index in [9.17, 15) is 19.5 Å². The molecule has 1 aliphatic heterocycles. The molecular formula is C19H25N3O5. The number of ether oxygens (including phenoxy) is 1. The molecule has 8 heteroatoms. The normalized spacial score (nSPS) is 23.6. The maximum Gasteiger partial charge on any atom is 0.321 e. The first-order valence-corrected chi connectivity index (χ1v) is 9.04. The van der Waals surface area contributed by atoms with Crippen LogP contribution in [0.15, 0.2) is 24.3 Å². The van der Waals surface area contributed by atoms with E-state index in [0.717, 1.165) is 12.8 Å². The molecule has 1 saturated heterocycles. The molecule has 8 nitrogen and oxygen atoms in total. The molecule has 3 amide bonds. The van der Waals surface area contributed by atoms with Crippen molar-refractivity contribution >= 4 is 23.6 Å². The third-order valence-corrected chi connectivity index (χ3v) is 5.53. The van der Waals surface area contributed by atoms with Crippen molar-refractivity contribution in [3.05, 3.63) is 24.3 Å². The highest BCUT2D eigenvalue weighted by Gasteiger charge is 2.55. The molecule has 0 aromatic heterocycles. The quantitative estimate of drug-likeness (QED) is 0.819. The summed E-state index contributed by atoms with van der Waals surface area (Å²) in [4.78, 5) is 39.0. The van der Waals surface area contributed by atoms with E-state index in [1.54, 1.807) is 43.3 Å². The zero-order valence-corrected chi connectivity index (χ0v) is 15.6. The minimum Gasteiger partial charge on any atom is -0.484 e. The third-order valence-electron chi connectivity index (χ3n) is 5.53. The Morgan fingerprint density at radius 1 is 1.37 bits per heavy atom. The lowest BCUT2D eigenvalue weighted by Crippen LogP contribution is -2.38. The molecule has 1 saturated carbocycles. The summed E-state index contributed by atoms with van der Waals surface area (Å²) >= 11 is 0. The van der Waals surface area contributed by atoms with Gasteiger partial charge in [-0.2, -0.15) is 0 Å². The molecule has 0 radical (unpaired) electrons. The predicted octanol–water partition coefficient (Wildman–Crippen LogP) is 1.87. The van der Waals surface area contributed by atoms with Crippen LogP contribution in [0, 0.1) is 11.3 Å². The summed E-state index contributed by atoms with van der Waals surface area (Å²) < 4.78 is 5.45. The smallest absolute Gasteiger partial charge is 0.321 e. The molecule has 27 heavy (non-hydrogen) atoms. The lowest BCUT2D eigenvalue weighted by Gasteiger charge is -2.23. The number of nitrogens with one attached hydrogen (secondary N) is 1. The third kappa shape index (κ3) is 3.84. The number of carboxylic acids is 1. The van der Waals surface area contributed by atoms with Crippen molar-refractivity contribution in [2.75, 3.05) is 39.1 Å². The fraction of sp³-hybridized carbons (Fsp3) is 0.526. The molecule has 1 aromatic carbocycles. The van der Waals surface area contributed by atoms with Crippen molar-refractivity contribution in [3.63, 3.8) is 0 Å². The molecule has 0 unspecified atom stereocenters. The molecule has 1 heterocycles. The largest absolute Gasteiger partial charge is 0.484 e. The number of benzene rings is 1. The highest BCUT2D eigenvalue weighted by molar-refractivity contribution is 5.91. The highest BCUT2D eigenvalue weighted by atomic mass is 16.5. The Kier molecular flexibility index (Phi) is 5.25. The first-order chi connectivity index (χ1) is 12.8. The fourth-order valence-corrected chi connectivity index (χ4v) is 3.93. The Morgan fingerprint density at radius 3 is 2.81 bits per heavy atom. The number of anilines is 1. The Hall–Kier alpha value is -2.77. The van der Waals surface area contributed by atoms with Crippen LogP contribution in [0.2, 0.25) is 0 Å². The van der Waals surface area contributed by atoms with E-state index in [1.165, 1.54) is 4.90 Å². The summed E-state index contributed by atoms with van der Waals surface area (Å²) in [5.74, 6) is -0.468. The SMILES string of the molecule is CN(C)C(=O)COc1cccc(NC(=O)N2C[C@@H]3CCC[C@@]3(C(=O)O)C2)c1. The summed E-state index contributed by atoms with van der Waals surface area (Å²) in [5, 5.41) is 12.4. The number of hydrogen-bond acceptors (Lipinski definition) is 4. The van der Waals surface area contributed by atoms with Gasteiger partial charge in [-0.25, -0.2) is 4.79 Å². The summed E-state index contributed by atoms with van der Waals surface area (Å²) in [6, 6.07) is 6.49. The van der Waals surface area contributed by atoms with E-state index >= 15 is 0 Å². The monoisotopic (exact) mass is 375 g/mol. The minimum atomic E-state index is -0.804. The van der Waals surface area contributed by atoms with Gasteiger partial charge in [-0.1, -0.05) is 12.5 Å². The number of carbonyl (C=O) groups is 3. The lowest BCUT2D eigenvalue weighted by atomic mass is 9.81. The van der Waals surface area contributed by atoms with E-state index < -0.39 is 11.4 Å². The van der Waals surface area contributed by atoms with Crippen LogP contribution in [0.5, 0.6) is 5.75 Å². The zero-order chi connectivity index (χ0) is 19.6. The van der Waals surface area contributed by atoms with Gasteiger partial charge in [0.2, 0.25) is 0 Å². The maximum atomic E-state index is 12.6. The molecule has 1 aromatic rings. The van der Waals surface area contributed by atoms with Gasteiger partial charge in [0.15, 0.2) is 6.61 Å². The highest BCUT2D eigenvalue weighted by Crippen LogP contribution is 2.48.